The largest absolute Gasteiger partial charge is 0.497 e. The van der Waals surface area contributed by atoms with Gasteiger partial charge < -0.3 is 10.1 Å². The van der Waals surface area contributed by atoms with Crippen LogP contribution < -0.4 is 10.1 Å². The second-order valence-electron chi connectivity index (χ2n) is 4.57. The molecule has 20 heavy (non-hydrogen) atoms. The lowest BCUT2D eigenvalue weighted by Gasteiger charge is -2.18. The highest BCUT2D eigenvalue weighted by Gasteiger charge is 2.13. The summed E-state index contributed by atoms with van der Waals surface area (Å²) in [5.74, 6) is 0.770. The highest BCUT2D eigenvalue weighted by atomic mass is 16.5. The van der Waals surface area contributed by atoms with Gasteiger partial charge in [0.05, 0.1) is 13.2 Å². The molecule has 0 bridgehead atoms. The molecular weight excluding hydrogens is 250 g/mol. The lowest BCUT2D eigenvalue weighted by molar-refractivity contribution is 0.0935. The lowest BCUT2D eigenvalue weighted by Crippen LogP contribution is -2.28. The molecule has 2 aromatic carbocycles. The van der Waals surface area contributed by atoms with Crippen molar-refractivity contribution in [3.8, 4) is 5.75 Å². The molecule has 104 valence electrons. The van der Waals surface area contributed by atoms with Gasteiger partial charge in [0.25, 0.3) is 5.91 Å². The van der Waals surface area contributed by atoms with Crippen LogP contribution in [0.5, 0.6) is 5.75 Å². The zero-order chi connectivity index (χ0) is 14.4. The van der Waals surface area contributed by atoms with Gasteiger partial charge in [-0.3, -0.25) is 4.79 Å². The van der Waals surface area contributed by atoms with Crippen LogP contribution in [0.4, 0.5) is 0 Å². The van der Waals surface area contributed by atoms with E-state index < -0.39 is 0 Å². The van der Waals surface area contributed by atoms with Crippen LogP contribution >= 0.6 is 0 Å². The Labute approximate surface area is 119 Å². The quantitative estimate of drug-likeness (QED) is 0.901. The van der Waals surface area contributed by atoms with Crippen molar-refractivity contribution in [2.75, 3.05) is 7.11 Å². The molecule has 1 amide bonds. The first-order valence-electron chi connectivity index (χ1n) is 6.74. The van der Waals surface area contributed by atoms with Gasteiger partial charge in [0.15, 0.2) is 0 Å². The topological polar surface area (TPSA) is 38.3 Å². The van der Waals surface area contributed by atoms with Crippen LogP contribution in [0.15, 0.2) is 54.6 Å². The number of ether oxygens (including phenoxy) is 1. The summed E-state index contributed by atoms with van der Waals surface area (Å²) in [5.41, 5.74) is 1.76. The predicted molar refractivity (Wildman–Crippen MR) is 79.9 cm³/mol. The number of carbonyl (C=O) groups is 1. The molecule has 0 aliphatic heterocycles. The summed E-state index contributed by atoms with van der Waals surface area (Å²) in [7, 11) is 1.64. The number of rotatable bonds is 5. The third-order valence-electron chi connectivity index (χ3n) is 3.27. The maximum Gasteiger partial charge on any atom is 0.251 e. The molecule has 0 saturated carbocycles. The van der Waals surface area contributed by atoms with Crippen molar-refractivity contribution in [3.05, 3.63) is 65.7 Å². The fraction of sp³-hybridized carbons (Fsp3) is 0.235. The first-order chi connectivity index (χ1) is 9.74. The highest BCUT2D eigenvalue weighted by molar-refractivity contribution is 5.94. The van der Waals surface area contributed by atoms with Gasteiger partial charge in [0, 0.05) is 5.56 Å². The van der Waals surface area contributed by atoms with Gasteiger partial charge >= 0.3 is 0 Å². The average Bonchev–Trinajstić information content (AvgIpc) is 2.53. The van der Waals surface area contributed by atoms with Crippen LogP contribution in [0.2, 0.25) is 0 Å². The van der Waals surface area contributed by atoms with Gasteiger partial charge in [-0.15, -0.1) is 0 Å². The van der Waals surface area contributed by atoms with Crippen molar-refractivity contribution in [2.45, 2.75) is 19.4 Å². The Kier molecular flexibility index (Phi) is 4.77. The molecule has 0 spiro atoms. The number of nitrogens with one attached hydrogen (secondary N) is 1. The van der Waals surface area contributed by atoms with E-state index in [1.165, 1.54) is 0 Å². The van der Waals surface area contributed by atoms with Crippen LogP contribution in [-0.2, 0) is 0 Å². The molecule has 0 radical (unpaired) electrons. The molecule has 0 aromatic heterocycles. The Balaban J connectivity index is 2.10. The SMILES string of the molecule is CC[C@H](NC(=O)c1ccccc1)c1ccc(OC)cc1. The zero-order valence-electron chi connectivity index (χ0n) is 11.8. The van der Waals surface area contributed by atoms with Crippen molar-refractivity contribution < 1.29 is 9.53 Å². The fourth-order valence-electron chi connectivity index (χ4n) is 2.09. The first kappa shape index (κ1) is 14.1. The molecule has 0 aliphatic rings. The lowest BCUT2D eigenvalue weighted by atomic mass is 10.0. The molecule has 1 N–H and O–H groups in total. The molecule has 2 aromatic rings. The molecule has 1 atom stereocenters. The highest BCUT2D eigenvalue weighted by Crippen LogP contribution is 2.20. The minimum atomic E-state index is -0.0479. The van der Waals surface area contributed by atoms with Gasteiger partial charge in [-0.1, -0.05) is 37.3 Å². The predicted octanol–water partition coefficient (Wildman–Crippen LogP) is 3.58. The summed E-state index contributed by atoms with van der Waals surface area (Å²) >= 11 is 0. The van der Waals surface area contributed by atoms with Crippen LogP contribution in [0, 0.1) is 0 Å². The minimum absolute atomic E-state index is 0.00797. The molecule has 3 heteroatoms. The Bertz CT molecular complexity index is 549. The van der Waals surface area contributed by atoms with Crippen molar-refractivity contribution >= 4 is 5.91 Å². The standard InChI is InChI=1S/C17H19NO2/c1-3-16(13-9-11-15(20-2)12-10-13)18-17(19)14-7-5-4-6-8-14/h4-12,16H,3H2,1-2H3,(H,18,19)/t16-/m0/s1. The van der Waals surface area contributed by atoms with Crippen LogP contribution in [-0.4, -0.2) is 13.0 Å². The fourth-order valence-corrected chi connectivity index (χ4v) is 2.09. The minimum Gasteiger partial charge on any atom is -0.497 e. The Morgan fingerprint density at radius 2 is 1.75 bits per heavy atom. The first-order valence-corrected chi connectivity index (χ1v) is 6.74. The molecule has 3 nitrogen and oxygen atoms in total. The second-order valence-corrected chi connectivity index (χ2v) is 4.57. The molecule has 2 rings (SSSR count). The maximum atomic E-state index is 12.2. The van der Waals surface area contributed by atoms with E-state index in [1.54, 1.807) is 7.11 Å². The Hall–Kier alpha value is -2.29. The number of carbonyl (C=O) groups excluding carboxylic acids is 1. The third kappa shape index (κ3) is 3.38. The molecule has 0 saturated heterocycles. The van der Waals surface area contributed by atoms with Gasteiger partial charge in [0.1, 0.15) is 5.75 Å². The summed E-state index contributed by atoms with van der Waals surface area (Å²) in [5, 5.41) is 3.06. The van der Waals surface area contributed by atoms with E-state index in [4.69, 9.17) is 4.74 Å². The molecule has 0 heterocycles. The summed E-state index contributed by atoms with van der Waals surface area (Å²) in [4.78, 5) is 12.2. The van der Waals surface area contributed by atoms with E-state index in [1.807, 2.05) is 54.6 Å². The monoisotopic (exact) mass is 269 g/mol. The Morgan fingerprint density at radius 3 is 2.30 bits per heavy atom. The molecular formula is C17H19NO2. The van der Waals surface area contributed by atoms with Crippen LogP contribution in [0.25, 0.3) is 0 Å². The number of hydrogen-bond donors (Lipinski definition) is 1. The van der Waals surface area contributed by atoms with E-state index in [9.17, 15) is 4.79 Å². The molecule has 0 unspecified atom stereocenters. The normalized spacial score (nSPS) is 11.7. The van der Waals surface area contributed by atoms with Crippen molar-refractivity contribution in [1.82, 2.24) is 5.32 Å². The van der Waals surface area contributed by atoms with Gasteiger partial charge in [-0.05, 0) is 36.2 Å². The number of amides is 1. The van der Waals surface area contributed by atoms with Crippen LogP contribution in [0.3, 0.4) is 0 Å². The number of methoxy groups -OCH3 is 1. The second kappa shape index (κ2) is 6.75. The van der Waals surface area contributed by atoms with E-state index in [0.29, 0.717) is 5.56 Å². The summed E-state index contributed by atoms with van der Waals surface area (Å²) in [6.45, 7) is 2.06. The van der Waals surface area contributed by atoms with Gasteiger partial charge in [-0.25, -0.2) is 0 Å². The number of hydrogen-bond acceptors (Lipinski definition) is 2. The van der Waals surface area contributed by atoms with E-state index in [0.717, 1.165) is 17.7 Å². The number of benzene rings is 2. The summed E-state index contributed by atoms with van der Waals surface area (Å²) in [6.07, 6.45) is 0.838. The van der Waals surface area contributed by atoms with E-state index in [-0.39, 0.29) is 11.9 Å². The van der Waals surface area contributed by atoms with E-state index >= 15 is 0 Å². The summed E-state index contributed by atoms with van der Waals surface area (Å²) in [6, 6.07) is 17.1. The van der Waals surface area contributed by atoms with Crippen molar-refractivity contribution in [2.24, 2.45) is 0 Å². The van der Waals surface area contributed by atoms with Gasteiger partial charge in [0.2, 0.25) is 0 Å². The summed E-state index contributed by atoms with van der Waals surface area (Å²) < 4.78 is 5.15. The van der Waals surface area contributed by atoms with Crippen molar-refractivity contribution in [1.29, 1.82) is 0 Å². The van der Waals surface area contributed by atoms with Crippen molar-refractivity contribution in [3.63, 3.8) is 0 Å². The smallest absolute Gasteiger partial charge is 0.251 e. The maximum absolute atomic E-state index is 12.2. The van der Waals surface area contributed by atoms with Gasteiger partial charge in [-0.2, -0.15) is 0 Å². The molecule has 0 fully saturated rings. The molecule has 0 aliphatic carbocycles. The van der Waals surface area contributed by atoms with Crippen LogP contribution in [0.1, 0.15) is 35.3 Å². The average molecular weight is 269 g/mol. The third-order valence-corrected chi connectivity index (χ3v) is 3.27. The zero-order valence-corrected chi connectivity index (χ0v) is 11.8. The van der Waals surface area contributed by atoms with E-state index in [2.05, 4.69) is 12.2 Å². The Morgan fingerprint density at radius 1 is 1.10 bits per heavy atom.